The largest absolute Gasteiger partial charge is 0.379 e. The third-order valence-corrected chi connectivity index (χ3v) is 4.24. The van der Waals surface area contributed by atoms with Crippen molar-refractivity contribution in [1.82, 2.24) is 5.32 Å². The highest BCUT2D eigenvalue weighted by Gasteiger charge is 2.40. The molecule has 20 heavy (non-hydrogen) atoms. The fourth-order valence-corrected chi connectivity index (χ4v) is 3.16. The first-order valence-electron chi connectivity index (χ1n) is 7.38. The van der Waals surface area contributed by atoms with Crippen LogP contribution in [-0.2, 0) is 5.60 Å². The summed E-state index contributed by atoms with van der Waals surface area (Å²) in [6.45, 7) is 0.979. The van der Waals surface area contributed by atoms with E-state index >= 15 is 0 Å². The van der Waals surface area contributed by atoms with Gasteiger partial charge >= 0.3 is 0 Å². The molecule has 1 atom stereocenters. The monoisotopic (exact) mass is 267 g/mol. The molecule has 0 radical (unpaired) electrons. The van der Waals surface area contributed by atoms with E-state index < -0.39 is 5.60 Å². The SMILES string of the molecule is OC(c1ccccc1)(c1ccccc1)[C@H]1CCCCN1. The second-order valence-corrected chi connectivity index (χ2v) is 5.50. The Morgan fingerprint density at radius 2 is 1.40 bits per heavy atom. The lowest BCUT2D eigenvalue weighted by Gasteiger charge is -2.40. The molecule has 2 aromatic rings. The van der Waals surface area contributed by atoms with Crippen molar-refractivity contribution in [2.24, 2.45) is 0 Å². The molecule has 1 aliphatic rings. The van der Waals surface area contributed by atoms with Gasteiger partial charge in [0.25, 0.3) is 0 Å². The second-order valence-electron chi connectivity index (χ2n) is 5.50. The maximum absolute atomic E-state index is 11.5. The molecule has 0 aromatic heterocycles. The van der Waals surface area contributed by atoms with Gasteiger partial charge in [-0.3, -0.25) is 0 Å². The Hall–Kier alpha value is -1.64. The van der Waals surface area contributed by atoms with Crippen molar-refractivity contribution in [3.8, 4) is 0 Å². The molecule has 1 heterocycles. The van der Waals surface area contributed by atoms with Crippen molar-refractivity contribution >= 4 is 0 Å². The second kappa shape index (κ2) is 5.78. The van der Waals surface area contributed by atoms with Gasteiger partial charge in [0.15, 0.2) is 0 Å². The normalized spacial score (nSPS) is 19.8. The molecule has 3 rings (SSSR count). The van der Waals surface area contributed by atoms with Gasteiger partial charge < -0.3 is 10.4 Å². The molecular weight excluding hydrogens is 246 g/mol. The Morgan fingerprint density at radius 1 is 0.850 bits per heavy atom. The van der Waals surface area contributed by atoms with Crippen molar-refractivity contribution in [3.05, 3.63) is 71.8 Å². The van der Waals surface area contributed by atoms with Crippen LogP contribution in [0.1, 0.15) is 30.4 Å². The molecule has 2 aromatic carbocycles. The zero-order valence-electron chi connectivity index (χ0n) is 11.6. The summed E-state index contributed by atoms with van der Waals surface area (Å²) >= 11 is 0. The first-order chi connectivity index (χ1) is 9.82. The van der Waals surface area contributed by atoms with Crippen molar-refractivity contribution in [1.29, 1.82) is 0 Å². The molecule has 1 saturated heterocycles. The molecule has 0 unspecified atom stereocenters. The highest BCUT2D eigenvalue weighted by Crippen LogP contribution is 2.36. The molecule has 2 nitrogen and oxygen atoms in total. The van der Waals surface area contributed by atoms with Gasteiger partial charge in [0.2, 0.25) is 0 Å². The van der Waals surface area contributed by atoms with E-state index in [-0.39, 0.29) is 6.04 Å². The minimum atomic E-state index is -0.955. The van der Waals surface area contributed by atoms with Crippen LogP contribution in [0.15, 0.2) is 60.7 Å². The number of hydrogen-bond donors (Lipinski definition) is 2. The number of benzene rings is 2. The van der Waals surface area contributed by atoms with Crippen molar-refractivity contribution < 1.29 is 5.11 Å². The minimum absolute atomic E-state index is 0.0704. The maximum Gasteiger partial charge on any atom is 0.130 e. The highest BCUT2D eigenvalue weighted by molar-refractivity contribution is 5.38. The standard InChI is InChI=1S/C18H21NO/c20-18(15-9-3-1-4-10-15,16-11-5-2-6-12-16)17-13-7-8-14-19-17/h1-6,9-12,17,19-20H,7-8,13-14H2/t17-/m1/s1. The van der Waals surface area contributed by atoms with Crippen molar-refractivity contribution in [3.63, 3.8) is 0 Å². The van der Waals surface area contributed by atoms with E-state index in [4.69, 9.17) is 0 Å². The molecule has 1 aliphatic heterocycles. The Bertz CT molecular complexity index is 492. The summed E-state index contributed by atoms with van der Waals surface area (Å²) < 4.78 is 0. The summed E-state index contributed by atoms with van der Waals surface area (Å²) in [6, 6.07) is 20.1. The van der Waals surface area contributed by atoms with Crippen LogP contribution >= 0.6 is 0 Å². The van der Waals surface area contributed by atoms with Crippen LogP contribution in [0.5, 0.6) is 0 Å². The Kier molecular flexibility index (Phi) is 3.86. The van der Waals surface area contributed by atoms with E-state index in [9.17, 15) is 5.11 Å². The predicted molar refractivity (Wildman–Crippen MR) is 81.5 cm³/mol. The van der Waals surface area contributed by atoms with E-state index in [0.29, 0.717) is 0 Å². The third kappa shape index (κ3) is 2.37. The van der Waals surface area contributed by atoms with Crippen molar-refractivity contribution in [2.45, 2.75) is 30.9 Å². The zero-order chi connectivity index (χ0) is 13.8. The molecule has 0 aliphatic carbocycles. The quantitative estimate of drug-likeness (QED) is 0.896. The topological polar surface area (TPSA) is 32.3 Å². The number of nitrogens with one attached hydrogen (secondary N) is 1. The summed E-state index contributed by atoms with van der Waals surface area (Å²) in [7, 11) is 0. The van der Waals surface area contributed by atoms with E-state index in [2.05, 4.69) is 5.32 Å². The Balaban J connectivity index is 2.07. The molecule has 0 amide bonds. The van der Waals surface area contributed by atoms with Crippen LogP contribution in [-0.4, -0.2) is 17.7 Å². The smallest absolute Gasteiger partial charge is 0.130 e. The van der Waals surface area contributed by atoms with E-state index in [1.54, 1.807) is 0 Å². The van der Waals surface area contributed by atoms with Crippen LogP contribution in [0.25, 0.3) is 0 Å². The molecule has 104 valence electrons. The lowest BCUT2D eigenvalue weighted by molar-refractivity contribution is 0.0268. The molecule has 2 N–H and O–H groups in total. The summed E-state index contributed by atoms with van der Waals surface area (Å²) in [6.07, 6.45) is 3.36. The van der Waals surface area contributed by atoms with Crippen molar-refractivity contribution in [2.75, 3.05) is 6.54 Å². The van der Waals surface area contributed by atoms with Crippen LogP contribution < -0.4 is 5.32 Å². The van der Waals surface area contributed by atoms with Crippen LogP contribution in [0, 0.1) is 0 Å². The van der Waals surface area contributed by atoms with Crippen LogP contribution in [0.2, 0.25) is 0 Å². The van der Waals surface area contributed by atoms with Gasteiger partial charge in [0.05, 0.1) is 0 Å². The fourth-order valence-electron chi connectivity index (χ4n) is 3.16. The number of hydrogen-bond acceptors (Lipinski definition) is 2. The number of aliphatic hydroxyl groups is 1. The first kappa shape index (κ1) is 13.3. The van der Waals surface area contributed by atoms with Gasteiger partial charge in [-0.25, -0.2) is 0 Å². The molecule has 0 spiro atoms. The number of rotatable bonds is 3. The van der Waals surface area contributed by atoms with Crippen LogP contribution in [0.3, 0.4) is 0 Å². The summed E-state index contributed by atoms with van der Waals surface area (Å²) in [5.41, 5.74) is 0.972. The summed E-state index contributed by atoms with van der Waals surface area (Å²) in [5, 5.41) is 15.0. The van der Waals surface area contributed by atoms with Gasteiger partial charge in [-0.2, -0.15) is 0 Å². The Labute approximate surface area is 120 Å². The average Bonchev–Trinajstić information content (AvgIpc) is 2.56. The van der Waals surface area contributed by atoms with Gasteiger partial charge in [-0.15, -0.1) is 0 Å². The van der Waals surface area contributed by atoms with Gasteiger partial charge in [-0.05, 0) is 30.5 Å². The lowest BCUT2D eigenvalue weighted by Crippen LogP contribution is -2.51. The molecule has 0 bridgehead atoms. The average molecular weight is 267 g/mol. The molecular formula is C18H21NO. The number of piperidine rings is 1. The third-order valence-electron chi connectivity index (χ3n) is 4.24. The fraction of sp³-hybridized carbons (Fsp3) is 0.333. The maximum atomic E-state index is 11.5. The van der Waals surface area contributed by atoms with Gasteiger partial charge in [0.1, 0.15) is 5.60 Å². The molecule has 1 fully saturated rings. The van der Waals surface area contributed by atoms with E-state index in [1.165, 1.54) is 12.8 Å². The van der Waals surface area contributed by atoms with E-state index in [1.807, 2.05) is 60.7 Å². The minimum Gasteiger partial charge on any atom is -0.379 e. The lowest BCUT2D eigenvalue weighted by atomic mass is 9.77. The highest BCUT2D eigenvalue weighted by atomic mass is 16.3. The van der Waals surface area contributed by atoms with Gasteiger partial charge in [0, 0.05) is 6.04 Å². The predicted octanol–water partition coefficient (Wildman–Crippen LogP) is 3.06. The van der Waals surface area contributed by atoms with E-state index in [0.717, 1.165) is 24.1 Å². The summed E-state index contributed by atoms with van der Waals surface area (Å²) in [5.74, 6) is 0. The molecule has 0 saturated carbocycles. The Morgan fingerprint density at radius 3 is 1.85 bits per heavy atom. The zero-order valence-corrected chi connectivity index (χ0v) is 11.6. The first-order valence-corrected chi connectivity index (χ1v) is 7.38. The summed E-state index contributed by atoms with van der Waals surface area (Å²) in [4.78, 5) is 0. The van der Waals surface area contributed by atoms with Crippen LogP contribution in [0.4, 0.5) is 0 Å². The van der Waals surface area contributed by atoms with Gasteiger partial charge in [-0.1, -0.05) is 67.1 Å². The molecule has 2 heteroatoms.